The van der Waals surface area contributed by atoms with Gasteiger partial charge in [0.25, 0.3) is 0 Å². The highest BCUT2D eigenvalue weighted by Gasteiger charge is 2.21. The van der Waals surface area contributed by atoms with E-state index in [1.165, 1.54) is 148 Å². The first-order valence-corrected chi connectivity index (χ1v) is 14.6. The fourth-order valence-electron chi connectivity index (χ4n) is 4.37. The third kappa shape index (κ3) is 24.4. The van der Waals surface area contributed by atoms with Gasteiger partial charge in [-0.2, -0.15) is 0 Å². The van der Waals surface area contributed by atoms with Gasteiger partial charge < -0.3 is 9.47 Å². The molecule has 0 bridgehead atoms. The topological polar surface area (TPSA) is 25.1 Å². The zero-order chi connectivity index (χ0) is 22.2. The Balaban J connectivity index is 0.000000311. The quantitative estimate of drug-likeness (QED) is 0.117. The molecule has 0 aromatic heterocycles. The predicted octanol–water partition coefficient (Wildman–Crippen LogP) is 9.78. The molecule has 0 aromatic rings. The molecule has 2 fully saturated rings. The van der Waals surface area contributed by atoms with Crippen molar-refractivity contribution in [1.29, 1.82) is 0 Å². The normalized spacial score (nSPS) is 19.2. The summed E-state index contributed by atoms with van der Waals surface area (Å²) < 4.78 is 10.4. The zero-order valence-electron chi connectivity index (χ0n) is 21.6. The van der Waals surface area contributed by atoms with Crippen molar-refractivity contribution < 1.29 is 9.47 Å². The molecule has 2 rings (SSSR count). The van der Waals surface area contributed by atoms with Gasteiger partial charge >= 0.3 is 0 Å². The predicted molar refractivity (Wildman–Crippen MR) is 137 cm³/mol. The van der Waals surface area contributed by atoms with E-state index in [2.05, 4.69) is 13.8 Å². The second-order valence-corrected chi connectivity index (χ2v) is 10.2. The van der Waals surface area contributed by atoms with Crippen LogP contribution in [0.2, 0.25) is 0 Å². The summed E-state index contributed by atoms with van der Waals surface area (Å²) in [5.41, 5.74) is 0. The largest absolute Gasteiger partial charge is 0.373 e. The molecule has 0 amide bonds. The van der Waals surface area contributed by atoms with E-state index in [4.69, 9.17) is 9.47 Å². The van der Waals surface area contributed by atoms with Crippen molar-refractivity contribution in [2.45, 2.75) is 174 Å². The Morgan fingerprint density at radius 3 is 0.839 bits per heavy atom. The highest BCUT2D eigenvalue weighted by molar-refractivity contribution is 4.68. The van der Waals surface area contributed by atoms with Gasteiger partial charge in [-0.1, -0.05) is 149 Å². The lowest BCUT2D eigenvalue weighted by Gasteiger charge is -2.01. The first kappa shape index (κ1) is 29.0. The first-order chi connectivity index (χ1) is 15.4. The highest BCUT2D eigenvalue weighted by atomic mass is 16.6. The summed E-state index contributed by atoms with van der Waals surface area (Å²) in [6.45, 7) is 6.64. The second kappa shape index (κ2) is 23.1. The molecule has 0 radical (unpaired) electrons. The lowest BCUT2D eigenvalue weighted by molar-refractivity contribution is 0.387. The molecule has 0 spiro atoms. The number of rotatable bonds is 23. The van der Waals surface area contributed by atoms with E-state index in [-0.39, 0.29) is 0 Å². The third-order valence-electron chi connectivity index (χ3n) is 6.81. The average molecular weight is 439 g/mol. The molecule has 0 saturated carbocycles. The maximum absolute atomic E-state index is 5.20. The Bertz CT molecular complexity index is 336. The van der Waals surface area contributed by atoms with Crippen molar-refractivity contribution in [3.63, 3.8) is 0 Å². The van der Waals surface area contributed by atoms with E-state index >= 15 is 0 Å². The first-order valence-electron chi connectivity index (χ1n) is 14.6. The average Bonchev–Trinajstić information content (AvgIpc) is 3.69. The summed E-state index contributed by atoms with van der Waals surface area (Å²) in [7, 11) is 0. The van der Waals surface area contributed by atoms with Gasteiger partial charge in [-0.25, -0.2) is 0 Å². The monoisotopic (exact) mass is 438 g/mol. The van der Waals surface area contributed by atoms with Gasteiger partial charge in [0.15, 0.2) is 0 Å². The van der Waals surface area contributed by atoms with Crippen LogP contribution in [-0.4, -0.2) is 25.4 Å². The Morgan fingerprint density at radius 2 is 0.613 bits per heavy atom. The van der Waals surface area contributed by atoms with Crippen LogP contribution in [0.1, 0.15) is 162 Å². The zero-order valence-corrected chi connectivity index (χ0v) is 21.6. The Hall–Kier alpha value is -0.0800. The van der Waals surface area contributed by atoms with E-state index < -0.39 is 0 Å². The molecule has 0 aliphatic carbocycles. The van der Waals surface area contributed by atoms with E-state index in [0.29, 0.717) is 12.2 Å². The molecule has 2 heteroatoms. The number of epoxide rings is 2. The van der Waals surface area contributed by atoms with Crippen LogP contribution < -0.4 is 0 Å². The van der Waals surface area contributed by atoms with Gasteiger partial charge in [-0.15, -0.1) is 0 Å². The smallest absolute Gasteiger partial charge is 0.0810 e. The number of unbranched alkanes of at least 4 members (excludes halogenated alkanes) is 19. The summed E-state index contributed by atoms with van der Waals surface area (Å²) in [4.78, 5) is 0. The molecular formula is C29H58O2. The van der Waals surface area contributed by atoms with Gasteiger partial charge in [-0.05, 0) is 12.8 Å². The summed E-state index contributed by atoms with van der Waals surface area (Å²) in [6, 6.07) is 0. The molecule has 0 N–H and O–H groups in total. The minimum Gasteiger partial charge on any atom is -0.373 e. The molecule has 0 aromatic carbocycles. The molecule has 2 saturated heterocycles. The molecule has 31 heavy (non-hydrogen) atoms. The number of hydrogen-bond acceptors (Lipinski definition) is 2. The summed E-state index contributed by atoms with van der Waals surface area (Å²) in [5, 5.41) is 0. The van der Waals surface area contributed by atoms with Crippen LogP contribution in [0.5, 0.6) is 0 Å². The molecule has 2 aliphatic heterocycles. The van der Waals surface area contributed by atoms with Crippen molar-refractivity contribution in [3.8, 4) is 0 Å². The fraction of sp³-hybridized carbons (Fsp3) is 1.00. The van der Waals surface area contributed by atoms with Gasteiger partial charge in [0, 0.05) is 0 Å². The fourth-order valence-corrected chi connectivity index (χ4v) is 4.37. The Morgan fingerprint density at radius 1 is 0.387 bits per heavy atom. The van der Waals surface area contributed by atoms with Gasteiger partial charge in [-0.3, -0.25) is 0 Å². The second-order valence-electron chi connectivity index (χ2n) is 10.2. The molecular weight excluding hydrogens is 380 g/mol. The van der Waals surface area contributed by atoms with Crippen LogP contribution >= 0.6 is 0 Å². The molecule has 2 nitrogen and oxygen atoms in total. The highest BCUT2D eigenvalue weighted by Crippen LogP contribution is 2.19. The SMILES string of the molecule is CCCCCCCCCCCCC1CO1.CCCCCCCCCCCCCC1CO1. The molecule has 2 unspecified atom stereocenters. The van der Waals surface area contributed by atoms with E-state index in [1.54, 1.807) is 0 Å². The third-order valence-corrected chi connectivity index (χ3v) is 6.81. The van der Waals surface area contributed by atoms with Crippen LogP contribution in [0.3, 0.4) is 0 Å². The van der Waals surface area contributed by atoms with Crippen molar-refractivity contribution >= 4 is 0 Å². The number of ether oxygens (including phenoxy) is 2. The van der Waals surface area contributed by atoms with Crippen LogP contribution in [0.15, 0.2) is 0 Å². The Labute approximate surface area is 196 Å². The number of hydrogen-bond donors (Lipinski definition) is 0. The van der Waals surface area contributed by atoms with E-state index in [1.807, 2.05) is 0 Å². The van der Waals surface area contributed by atoms with Crippen molar-refractivity contribution in [1.82, 2.24) is 0 Å². The summed E-state index contributed by atoms with van der Waals surface area (Å²) >= 11 is 0. The van der Waals surface area contributed by atoms with E-state index in [0.717, 1.165) is 13.2 Å². The lowest BCUT2D eigenvalue weighted by Crippen LogP contribution is -1.86. The standard InChI is InChI=1S/C15H30O.C14H28O/c1-2-3-4-5-6-7-8-9-10-11-12-13-15-14-16-15;1-2-3-4-5-6-7-8-9-10-11-12-14-13-15-14/h15H,2-14H2,1H3;14H,2-13H2,1H3. The maximum Gasteiger partial charge on any atom is 0.0810 e. The van der Waals surface area contributed by atoms with Crippen LogP contribution in [-0.2, 0) is 9.47 Å². The van der Waals surface area contributed by atoms with Crippen LogP contribution in [0.4, 0.5) is 0 Å². The van der Waals surface area contributed by atoms with Crippen LogP contribution in [0, 0.1) is 0 Å². The van der Waals surface area contributed by atoms with Gasteiger partial charge in [0.05, 0.1) is 25.4 Å². The molecule has 186 valence electrons. The van der Waals surface area contributed by atoms with Crippen molar-refractivity contribution in [2.75, 3.05) is 13.2 Å². The molecule has 2 atom stereocenters. The maximum atomic E-state index is 5.20. The minimum atomic E-state index is 0.651. The minimum absolute atomic E-state index is 0.651. The van der Waals surface area contributed by atoms with Gasteiger partial charge in [0.2, 0.25) is 0 Å². The summed E-state index contributed by atoms with van der Waals surface area (Å²) in [5.74, 6) is 0. The van der Waals surface area contributed by atoms with Crippen molar-refractivity contribution in [2.24, 2.45) is 0 Å². The molecule has 2 heterocycles. The summed E-state index contributed by atoms with van der Waals surface area (Å²) in [6.07, 6.45) is 34.1. The lowest BCUT2D eigenvalue weighted by atomic mass is 10.0. The van der Waals surface area contributed by atoms with Crippen LogP contribution in [0.25, 0.3) is 0 Å². The van der Waals surface area contributed by atoms with E-state index in [9.17, 15) is 0 Å². The van der Waals surface area contributed by atoms with Crippen molar-refractivity contribution in [3.05, 3.63) is 0 Å². The van der Waals surface area contributed by atoms with Gasteiger partial charge in [0.1, 0.15) is 0 Å². The molecule has 2 aliphatic rings. The Kier molecular flexibility index (Phi) is 21.6.